The van der Waals surface area contributed by atoms with Crippen molar-refractivity contribution in [2.75, 3.05) is 26.2 Å². The van der Waals surface area contributed by atoms with Gasteiger partial charge in [0.1, 0.15) is 0 Å². The zero-order valence-corrected chi connectivity index (χ0v) is 29.9. The van der Waals surface area contributed by atoms with Crippen molar-refractivity contribution < 1.29 is 22.8 Å². The van der Waals surface area contributed by atoms with E-state index in [1.807, 2.05) is 77.7 Å². The number of rotatable bonds is 11. The van der Waals surface area contributed by atoms with E-state index < -0.39 is 23.6 Å². The Morgan fingerprint density at radius 2 is 1.43 bits per heavy atom. The third-order valence-electron chi connectivity index (χ3n) is 9.52. The molecule has 272 valence electrons. The van der Waals surface area contributed by atoms with Gasteiger partial charge in [-0.1, -0.05) is 102 Å². The summed E-state index contributed by atoms with van der Waals surface area (Å²) in [5.74, 6) is -1.52. The minimum absolute atomic E-state index is 0.187. The van der Waals surface area contributed by atoms with E-state index in [9.17, 15) is 22.8 Å². The van der Waals surface area contributed by atoms with Gasteiger partial charge in [0, 0.05) is 56.6 Å². The van der Waals surface area contributed by atoms with Gasteiger partial charge in [0.25, 0.3) is 0 Å². The number of hydrogen-bond donors (Lipinski definition) is 1. The third kappa shape index (κ3) is 10.1. The van der Waals surface area contributed by atoms with Crippen molar-refractivity contribution in [3.8, 4) is 11.3 Å². The summed E-state index contributed by atoms with van der Waals surface area (Å²) in [7, 11) is 0. The van der Waals surface area contributed by atoms with Gasteiger partial charge in [0.05, 0.1) is 17.2 Å². The van der Waals surface area contributed by atoms with E-state index in [2.05, 4.69) is 47.2 Å². The van der Waals surface area contributed by atoms with Crippen LogP contribution in [0.4, 0.5) is 13.2 Å². The molecule has 1 aliphatic heterocycles. The van der Waals surface area contributed by atoms with Gasteiger partial charge in [-0.2, -0.15) is 13.2 Å². The number of aryl methyl sites for hydroxylation is 2. The maximum Gasteiger partial charge on any atom is 0.416 e. The lowest BCUT2D eigenvalue weighted by atomic mass is 9.88. The van der Waals surface area contributed by atoms with Gasteiger partial charge in [-0.05, 0) is 72.9 Å². The van der Waals surface area contributed by atoms with Crippen LogP contribution in [0.5, 0.6) is 0 Å². The second-order valence-electron chi connectivity index (χ2n) is 13.7. The zero-order chi connectivity index (χ0) is 37.4. The summed E-state index contributed by atoms with van der Waals surface area (Å²) in [6, 6.07) is 34.1. The normalized spacial score (nSPS) is 14.5. The van der Waals surface area contributed by atoms with E-state index in [1.165, 1.54) is 28.8 Å². The molecule has 0 bridgehead atoms. The zero-order valence-electron chi connectivity index (χ0n) is 29.9. The highest BCUT2D eigenvalue weighted by molar-refractivity contribution is 6.04. The van der Waals surface area contributed by atoms with Crippen molar-refractivity contribution in [2.24, 2.45) is 5.92 Å². The molecule has 9 heteroatoms. The van der Waals surface area contributed by atoms with Crippen LogP contribution in [0, 0.1) is 19.8 Å². The summed E-state index contributed by atoms with van der Waals surface area (Å²) in [4.78, 5) is 37.3. The smallest absolute Gasteiger partial charge is 0.348 e. The first-order chi connectivity index (χ1) is 25.5. The first-order valence-electron chi connectivity index (χ1n) is 17.8. The highest BCUT2D eigenvalue weighted by Crippen LogP contribution is 2.30. The molecule has 2 amide bonds. The predicted molar refractivity (Wildman–Crippen MR) is 202 cm³/mol. The molecule has 5 aromatic rings. The fourth-order valence-corrected chi connectivity index (χ4v) is 6.83. The molecule has 1 fully saturated rings. The largest absolute Gasteiger partial charge is 0.416 e. The minimum Gasteiger partial charge on any atom is -0.348 e. The van der Waals surface area contributed by atoms with Crippen LogP contribution in [-0.4, -0.2) is 52.8 Å². The number of carbonyl (C=O) groups is 2. The summed E-state index contributed by atoms with van der Waals surface area (Å²) >= 11 is 0. The summed E-state index contributed by atoms with van der Waals surface area (Å²) in [6.45, 7) is 7.48. The Kier molecular flexibility index (Phi) is 11.8. The number of aromatic nitrogens is 1. The van der Waals surface area contributed by atoms with Crippen molar-refractivity contribution in [1.82, 2.24) is 20.1 Å². The summed E-state index contributed by atoms with van der Waals surface area (Å²) in [5.41, 5.74) is 6.94. The Labute approximate surface area is 309 Å². The highest BCUT2D eigenvalue weighted by Gasteiger charge is 2.34. The lowest BCUT2D eigenvalue weighted by Crippen LogP contribution is -2.51. The molecule has 1 atom stereocenters. The summed E-state index contributed by atoms with van der Waals surface area (Å²) in [6.07, 6.45) is -0.962. The van der Waals surface area contributed by atoms with Crippen molar-refractivity contribution in [3.05, 3.63) is 166 Å². The van der Waals surface area contributed by atoms with Crippen LogP contribution < -0.4 is 5.32 Å². The van der Waals surface area contributed by atoms with Crippen LogP contribution in [0.2, 0.25) is 0 Å². The number of pyridine rings is 1. The monoisotopic (exact) mass is 716 g/mol. The molecule has 0 spiro atoms. The predicted octanol–water partition coefficient (Wildman–Crippen LogP) is 8.29. The third-order valence-corrected chi connectivity index (χ3v) is 9.52. The van der Waals surface area contributed by atoms with E-state index in [1.54, 1.807) is 12.3 Å². The lowest BCUT2D eigenvalue weighted by Gasteiger charge is -2.37. The molecule has 2 heterocycles. The first-order valence-corrected chi connectivity index (χ1v) is 17.8. The molecule has 6 rings (SSSR count). The lowest BCUT2D eigenvalue weighted by molar-refractivity contribution is -0.138. The molecular formula is C44H43F3N4O2. The van der Waals surface area contributed by atoms with E-state index in [4.69, 9.17) is 0 Å². The van der Waals surface area contributed by atoms with Gasteiger partial charge in [0.2, 0.25) is 11.8 Å². The molecule has 1 aliphatic rings. The van der Waals surface area contributed by atoms with Gasteiger partial charge in [-0.25, -0.2) is 0 Å². The molecular weight excluding hydrogens is 674 g/mol. The average molecular weight is 717 g/mol. The van der Waals surface area contributed by atoms with E-state index >= 15 is 0 Å². The van der Waals surface area contributed by atoms with E-state index in [-0.39, 0.29) is 24.4 Å². The first kappa shape index (κ1) is 37.2. The molecule has 53 heavy (non-hydrogen) atoms. The van der Waals surface area contributed by atoms with Crippen molar-refractivity contribution in [1.29, 1.82) is 0 Å². The number of alkyl halides is 3. The van der Waals surface area contributed by atoms with Crippen molar-refractivity contribution in [2.45, 2.75) is 39.5 Å². The second kappa shape index (κ2) is 16.9. The molecule has 4 aromatic carbocycles. The van der Waals surface area contributed by atoms with E-state index in [0.29, 0.717) is 31.7 Å². The van der Waals surface area contributed by atoms with Crippen LogP contribution >= 0.6 is 0 Å². The molecule has 0 unspecified atom stereocenters. The average Bonchev–Trinajstić information content (AvgIpc) is 3.16. The van der Waals surface area contributed by atoms with Gasteiger partial charge in [-0.3, -0.25) is 19.5 Å². The quantitative estimate of drug-likeness (QED) is 0.140. The number of carbonyl (C=O) groups excluding carboxylic acids is 2. The maximum absolute atomic E-state index is 14.6. The number of piperazine rings is 1. The van der Waals surface area contributed by atoms with Crippen molar-refractivity contribution >= 4 is 17.9 Å². The Morgan fingerprint density at radius 1 is 0.774 bits per heavy atom. The number of hydrogen-bond acceptors (Lipinski definition) is 4. The number of halogens is 3. The van der Waals surface area contributed by atoms with Crippen LogP contribution in [0.15, 0.2) is 127 Å². The van der Waals surface area contributed by atoms with Crippen LogP contribution in [-0.2, 0) is 35.3 Å². The van der Waals surface area contributed by atoms with Crippen LogP contribution in [0.3, 0.4) is 0 Å². The van der Waals surface area contributed by atoms with Crippen molar-refractivity contribution in [3.63, 3.8) is 0 Å². The van der Waals surface area contributed by atoms with Crippen LogP contribution in [0.1, 0.15) is 38.9 Å². The van der Waals surface area contributed by atoms with Gasteiger partial charge < -0.3 is 10.2 Å². The summed E-state index contributed by atoms with van der Waals surface area (Å²) in [5, 5.41) is 3.00. The standard InChI is InChI=1S/C44H43F3N4O2/c1-31-24-32(2)26-36(25-31)30-50-20-22-51(23-21-50)43(53)40(28-33-8-4-3-5-9-33)39(27-34-13-17-38(18-14-34)44(45,46)47)42(52)49-29-35-11-15-37(16-12-35)41-10-6-7-19-48-41/h3-19,24-27,40H,20-23,28-30H2,1-2H3,(H,49,52)/t40-/m0/s1. The fraction of sp³-hybridized carbons (Fsp3) is 0.250. The SMILES string of the molecule is Cc1cc(C)cc(CN2CCN(C(=O)[C@@H](Cc3ccccc3)C(=Cc3ccc(C(F)(F)F)cc3)C(=O)NCc3ccc(-c4ccccn4)cc3)CC2)c1. The molecule has 6 nitrogen and oxygen atoms in total. The number of amides is 2. The Hall–Kier alpha value is -5.54. The van der Waals surface area contributed by atoms with E-state index in [0.717, 1.165) is 41.1 Å². The number of nitrogens with one attached hydrogen (secondary N) is 1. The molecule has 1 N–H and O–H groups in total. The fourth-order valence-electron chi connectivity index (χ4n) is 6.83. The van der Waals surface area contributed by atoms with Crippen LogP contribution in [0.25, 0.3) is 17.3 Å². The summed E-state index contributed by atoms with van der Waals surface area (Å²) < 4.78 is 40.3. The minimum atomic E-state index is -4.50. The maximum atomic E-state index is 14.6. The Morgan fingerprint density at radius 3 is 2.06 bits per heavy atom. The Bertz CT molecular complexity index is 2000. The molecule has 0 saturated carbocycles. The van der Waals surface area contributed by atoms with Gasteiger partial charge in [-0.15, -0.1) is 0 Å². The topological polar surface area (TPSA) is 65.5 Å². The van der Waals surface area contributed by atoms with Gasteiger partial charge >= 0.3 is 6.18 Å². The highest BCUT2D eigenvalue weighted by atomic mass is 19.4. The number of nitrogens with zero attached hydrogens (tertiary/aromatic N) is 3. The molecule has 1 aromatic heterocycles. The second-order valence-corrected chi connectivity index (χ2v) is 13.7. The molecule has 0 radical (unpaired) electrons. The molecule has 1 saturated heterocycles. The van der Waals surface area contributed by atoms with Gasteiger partial charge in [0.15, 0.2) is 0 Å². The Balaban J connectivity index is 1.26. The number of benzene rings is 4. The molecule has 0 aliphatic carbocycles.